The van der Waals surface area contributed by atoms with Gasteiger partial charge in [0.25, 0.3) is 0 Å². The van der Waals surface area contributed by atoms with Crippen molar-refractivity contribution >= 4 is 23.2 Å². The molecule has 0 aliphatic heterocycles. The number of rotatable bonds is 7. The molecule has 0 saturated heterocycles. The second kappa shape index (κ2) is 12.1. The Labute approximate surface area is 207 Å². The van der Waals surface area contributed by atoms with Crippen molar-refractivity contribution in [3.05, 3.63) is 77.1 Å². The Balaban J connectivity index is 1.17. The SMILES string of the molecule is Fc1cc(-c2ccc(OC/C=C/C3CCC([C@H]4CC[C@H](/C=C/Cl)CC4)CC3)cc2)ccc1Cl. The molecule has 2 saturated carbocycles. The van der Waals surface area contributed by atoms with Crippen LogP contribution in [0.4, 0.5) is 4.39 Å². The molecular weight excluding hydrogens is 454 g/mol. The number of halogens is 3. The van der Waals surface area contributed by atoms with E-state index < -0.39 is 5.82 Å². The molecule has 0 atom stereocenters. The third-order valence-electron chi connectivity index (χ3n) is 7.51. The maximum Gasteiger partial charge on any atom is 0.142 e. The normalized spacial score (nSPS) is 26.2. The Morgan fingerprint density at radius 1 is 0.788 bits per heavy atom. The molecule has 0 spiro atoms. The zero-order valence-corrected chi connectivity index (χ0v) is 20.6. The van der Waals surface area contributed by atoms with Gasteiger partial charge in [0.05, 0.1) is 5.02 Å². The lowest BCUT2D eigenvalue weighted by Gasteiger charge is -2.36. The molecule has 0 unspecified atom stereocenters. The van der Waals surface area contributed by atoms with Crippen molar-refractivity contribution in [3.8, 4) is 16.9 Å². The van der Waals surface area contributed by atoms with E-state index in [2.05, 4.69) is 18.2 Å². The molecule has 2 aliphatic rings. The molecule has 2 aromatic rings. The highest BCUT2D eigenvalue weighted by atomic mass is 35.5. The lowest BCUT2D eigenvalue weighted by Crippen LogP contribution is -2.25. The van der Waals surface area contributed by atoms with Gasteiger partial charge in [-0.25, -0.2) is 4.39 Å². The first-order valence-electron chi connectivity index (χ1n) is 12.2. The van der Waals surface area contributed by atoms with Crippen molar-refractivity contribution in [2.75, 3.05) is 6.61 Å². The molecular formula is C29H33Cl2FO. The van der Waals surface area contributed by atoms with E-state index in [1.807, 2.05) is 30.3 Å². The van der Waals surface area contributed by atoms with Gasteiger partial charge in [-0.2, -0.15) is 0 Å². The van der Waals surface area contributed by atoms with Crippen LogP contribution in [0.3, 0.4) is 0 Å². The monoisotopic (exact) mass is 486 g/mol. The number of ether oxygens (including phenoxy) is 1. The minimum absolute atomic E-state index is 0.141. The summed E-state index contributed by atoms with van der Waals surface area (Å²) in [5.74, 6) is 3.64. The van der Waals surface area contributed by atoms with Gasteiger partial charge >= 0.3 is 0 Å². The summed E-state index contributed by atoms with van der Waals surface area (Å²) in [7, 11) is 0. The summed E-state index contributed by atoms with van der Waals surface area (Å²) in [6, 6.07) is 12.6. The van der Waals surface area contributed by atoms with E-state index in [1.54, 1.807) is 11.6 Å². The van der Waals surface area contributed by atoms with Gasteiger partial charge in [0, 0.05) is 5.54 Å². The van der Waals surface area contributed by atoms with Crippen molar-refractivity contribution < 1.29 is 9.13 Å². The number of hydrogen-bond donors (Lipinski definition) is 0. The van der Waals surface area contributed by atoms with Crippen LogP contribution in [0.1, 0.15) is 51.4 Å². The highest BCUT2D eigenvalue weighted by molar-refractivity contribution is 6.30. The first kappa shape index (κ1) is 24.4. The minimum Gasteiger partial charge on any atom is -0.490 e. The van der Waals surface area contributed by atoms with Crippen LogP contribution in [0.15, 0.2) is 66.2 Å². The predicted octanol–water partition coefficient (Wildman–Crippen LogP) is 9.45. The minimum atomic E-state index is -0.402. The Hall–Kier alpha value is -1.77. The van der Waals surface area contributed by atoms with Gasteiger partial charge in [-0.1, -0.05) is 59.6 Å². The zero-order chi connectivity index (χ0) is 23.0. The van der Waals surface area contributed by atoms with Crippen molar-refractivity contribution in [3.63, 3.8) is 0 Å². The Morgan fingerprint density at radius 2 is 1.36 bits per heavy atom. The fraction of sp³-hybridized carbons (Fsp3) is 0.448. The summed E-state index contributed by atoms with van der Waals surface area (Å²) in [4.78, 5) is 0. The summed E-state index contributed by atoms with van der Waals surface area (Å²) < 4.78 is 19.6. The van der Waals surface area contributed by atoms with E-state index in [0.29, 0.717) is 18.4 Å². The molecule has 0 bridgehead atoms. The van der Waals surface area contributed by atoms with E-state index >= 15 is 0 Å². The van der Waals surface area contributed by atoms with Crippen molar-refractivity contribution in [2.24, 2.45) is 23.7 Å². The van der Waals surface area contributed by atoms with E-state index in [1.165, 1.54) is 57.4 Å². The van der Waals surface area contributed by atoms with Crippen LogP contribution >= 0.6 is 23.2 Å². The third kappa shape index (κ3) is 6.87. The van der Waals surface area contributed by atoms with Crippen LogP contribution in [0.2, 0.25) is 5.02 Å². The molecule has 2 fully saturated rings. The van der Waals surface area contributed by atoms with E-state index in [4.69, 9.17) is 27.9 Å². The summed E-state index contributed by atoms with van der Waals surface area (Å²) in [5.41, 5.74) is 3.44. The Kier molecular flexibility index (Phi) is 8.92. The maximum atomic E-state index is 13.7. The van der Waals surface area contributed by atoms with Crippen LogP contribution in [0, 0.1) is 29.5 Å². The molecule has 4 rings (SSSR count). The Morgan fingerprint density at radius 3 is 1.94 bits per heavy atom. The molecule has 0 N–H and O–H groups in total. The van der Waals surface area contributed by atoms with Gasteiger partial charge in [-0.3, -0.25) is 0 Å². The smallest absolute Gasteiger partial charge is 0.142 e. The van der Waals surface area contributed by atoms with E-state index in [-0.39, 0.29) is 5.02 Å². The third-order valence-corrected chi connectivity index (χ3v) is 7.96. The number of benzene rings is 2. The second-order valence-electron chi connectivity index (χ2n) is 9.56. The van der Waals surface area contributed by atoms with Gasteiger partial charge in [0.1, 0.15) is 18.2 Å². The molecule has 0 amide bonds. The maximum absolute atomic E-state index is 13.7. The van der Waals surface area contributed by atoms with Crippen molar-refractivity contribution in [2.45, 2.75) is 51.4 Å². The first-order chi connectivity index (χ1) is 16.1. The molecule has 1 nitrogen and oxygen atoms in total. The Bertz CT molecular complexity index is 937. The van der Waals surface area contributed by atoms with E-state index in [0.717, 1.165) is 28.7 Å². The fourth-order valence-electron chi connectivity index (χ4n) is 5.53. The van der Waals surface area contributed by atoms with Crippen LogP contribution in [-0.4, -0.2) is 6.61 Å². The molecule has 2 aliphatic carbocycles. The van der Waals surface area contributed by atoms with Crippen LogP contribution in [0.5, 0.6) is 5.75 Å². The average molecular weight is 487 g/mol. The van der Waals surface area contributed by atoms with Gasteiger partial charge in [-0.05, 0) is 110 Å². The predicted molar refractivity (Wildman–Crippen MR) is 137 cm³/mol. The molecule has 176 valence electrons. The summed E-state index contributed by atoms with van der Waals surface area (Å²) >= 11 is 11.5. The lowest BCUT2D eigenvalue weighted by atomic mass is 9.69. The number of allylic oxidation sites excluding steroid dienone is 2. The quantitative estimate of drug-likeness (QED) is 0.354. The van der Waals surface area contributed by atoms with E-state index in [9.17, 15) is 4.39 Å². The molecule has 0 heterocycles. The topological polar surface area (TPSA) is 9.23 Å². The van der Waals surface area contributed by atoms with Gasteiger partial charge in [0.15, 0.2) is 0 Å². The molecule has 2 aromatic carbocycles. The fourth-order valence-corrected chi connectivity index (χ4v) is 5.86. The summed E-state index contributed by atoms with van der Waals surface area (Å²) in [6.07, 6.45) is 17.4. The van der Waals surface area contributed by atoms with Crippen molar-refractivity contribution in [1.29, 1.82) is 0 Å². The summed E-state index contributed by atoms with van der Waals surface area (Å²) in [5, 5.41) is 0.141. The molecule has 33 heavy (non-hydrogen) atoms. The zero-order valence-electron chi connectivity index (χ0n) is 19.1. The van der Waals surface area contributed by atoms with Gasteiger partial charge < -0.3 is 4.74 Å². The van der Waals surface area contributed by atoms with Crippen LogP contribution in [-0.2, 0) is 0 Å². The lowest BCUT2D eigenvalue weighted by molar-refractivity contribution is 0.166. The largest absolute Gasteiger partial charge is 0.490 e. The number of hydrogen-bond acceptors (Lipinski definition) is 1. The highest BCUT2D eigenvalue weighted by Crippen LogP contribution is 2.42. The average Bonchev–Trinajstić information content (AvgIpc) is 2.85. The van der Waals surface area contributed by atoms with Crippen molar-refractivity contribution in [1.82, 2.24) is 0 Å². The molecule has 4 heteroatoms. The molecule has 0 aromatic heterocycles. The highest BCUT2D eigenvalue weighted by Gasteiger charge is 2.29. The van der Waals surface area contributed by atoms with Gasteiger partial charge in [-0.15, -0.1) is 0 Å². The standard InChI is InChI=1S/C29H33Cl2FO/c30-18-17-22-5-9-24(10-6-22)23-7-3-21(4-8-23)2-1-19-33-27-14-11-25(12-15-27)26-13-16-28(31)29(32)20-26/h1-2,11-18,20-24H,3-10,19H2/b2-1+,18-17+/t21?,22-,23?,24-. The van der Waals surface area contributed by atoms with Crippen LogP contribution in [0.25, 0.3) is 11.1 Å². The summed E-state index contributed by atoms with van der Waals surface area (Å²) in [6.45, 7) is 0.576. The van der Waals surface area contributed by atoms with Gasteiger partial charge in [0.2, 0.25) is 0 Å². The second-order valence-corrected chi connectivity index (χ2v) is 10.2. The van der Waals surface area contributed by atoms with Crippen LogP contribution < -0.4 is 4.74 Å². The molecule has 0 radical (unpaired) electrons. The first-order valence-corrected chi connectivity index (χ1v) is 13.1.